The van der Waals surface area contributed by atoms with E-state index in [2.05, 4.69) is 35.2 Å². The zero-order chi connectivity index (χ0) is 26.3. The van der Waals surface area contributed by atoms with Gasteiger partial charge < -0.3 is 10.4 Å². The van der Waals surface area contributed by atoms with Gasteiger partial charge in [-0.2, -0.15) is 0 Å². The number of hydrogen-bond donors (Lipinski definition) is 3. The third-order valence-electron chi connectivity index (χ3n) is 5.84. The molecule has 4 N–H and O–H groups in total. The lowest BCUT2D eigenvalue weighted by molar-refractivity contribution is 0.452. The first-order valence-corrected chi connectivity index (χ1v) is 13.2. The largest absolute Gasteiger partial charge is 0.493 e. The fourth-order valence-electron chi connectivity index (χ4n) is 3.93. The van der Waals surface area contributed by atoms with Crippen LogP contribution in [0.1, 0.15) is 44.0 Å². The summed E-state index contributed by atoms with van der Waals surface area (Å²) >= 11 is 0. The third kappa shape index (κ3) is 5.11. The molecule has 0 bridgehead atoms. The van der Waals surface area contributed by atoms with Crippen LogP contribution in [0.3, 0.4) is 0 Å². The summed E-state index contributed by atoms with van der Waals surface area (Å²) in [5, 5.41) is 18.6. The summed E-state index contributed by atoms with van der Waals surface area (Å²) < 4.78 is 24.4. The zero-order valence-electron chi connectivity index (χ0n) is 20.2. The molecule has 4 heterocycles. The summed E-state index contributed by atoms with van der Waals surface area (Å²) in [6.07, 6.45) is 5.91. The average molecular weight is 524 g/mol. The molecule has 14 heteroatoms. The van der Waals surface area contributed by atoms with E-state index in [1.807, 2.05) is 13.8 Å². The molecule has 1 aliphatic carbocycles. The maximum absolute atomic E-state index is 13.4. The highest BCUT2D eigenvalue weighted by atomic mass is 32.2. The Morgan fingerprint density at radius 1 is 1.14 bits per heavy atom. The first kappa shape index (κ1) is 24.6. The smallest absolute Gasteiger partial charge is 0.294 e. The van der Waals surface area contributed by atoms with Gasteiger partial charge in [0.2, 0.25) is 15.9 Å². The fraction of sp³-hybridized carbons (Fsp3) is 0.348. The van der Waals surface area contributed by atoms with Gasteiger partial charge in [-0.25, -0.2) is 38.5 Å². The summed E-state index contributed by atoms with van der Waals surface area (Å²) in [5.74, 6) is 0.439. The highest BCUT2D eigenvalue weighted by molar-refractivity contribution is 7.89. The summed E-state index contributed by atoms with van der Waals surface area (Å²) in [5.41, 5.74) is 1.87. The number of nitrogens with one attached hydrogen (secondary N) is 1. The Kier molecular flexibility index (Phi) is 6.29. The number of nitrogens with two attached hydrogens (primary N) is 1. The summed E-state index contributed by atoms with van der Waals surface area (Å²) in [4.78, 5) is 39.1. The van der Waals surface area contributed by atoms with Crippen LogP contribution in [0.15, 0.2) is 40.5 Å². The molecule has 0 radical (unpaired) electrons. The summed E-state index contributed by atoms with van der Waals surface area (Å²) in [7, 11) is -3.85. The Morgan fingerprint density at radius 3 is 2.57 bits per heavy atom. The van der Waals surface area contributed by atoms with Crippen molar-refractivity contribution < 1.29 is 13.5 Å². The van der Waals surface area contributed by atoms with Crippen LogP contribution in [-0.2, 0) is 23.1 Å². The minimum Gasteiger partial charge on any atom is -0.493 e. The van der Waals surface area contributed by atoms with E-state index in [1.54, 1.807) is 0 Å². The summed E-state index contributed by atoms with van der Waals surface area (Å²) in [6, 6.07) is 2.85. The van der Waals surface area contributed by atoms with Crippen molar-refractivity contribution in [2.75, 3.05) is 5.32 Å². The number of fused-ring (bicyclic) bond motifs is 1. The Bertz CT molecular complexity index is 1650. The van der Waals surface area contributed by atoms with Crippen molar-refractivity contribution in [1.82, 2.24) is 34.5 Å². The van der Waals surface area contributed by atoms with E-state index in [0.717, 1.165) is 19.0 Å². The third-order valence-corrected chi connectivity index (χ3v) is 6.74. The van der Waals surface area contributed by atoms with E-state index in [0.29, 0.717) is 34.7 Å². The molecule has 0 spiro atoms. The molecule has 0 atom stereocenters. The van der Waals surface area contributed by atoms with Crippen LogP contribution in [0.25, 0.3) is 22.6 Å². The van der Waals surface area contributed by atoms with Crippen LogP contribution in [0.2, 0.25) is 0 Å². The van der Waals surface area contributed by atoms with Gasteiger partial charge in [-0.3, -0.25) is 14.3 Å². The van der Waals surface area contributed by atoms with E-state index >= 15 is 0 Å². The molecule has 1 aliphatic rings. The maximum Gasteiger partial charge on any atom is 0.294 e. The van der Waals surface area contributed by atoms with Crippen molar-refractivity contribution in [2.24, 2.45) is 11.1 Å². The van der Waals surface area contributed by atoms with Gasteiger partial charge in [0.1, 0.15) is 22.3 Å². The van der Waals surface area contributed by atoms with Gasteiger partial charge in [-0.05, 0) is 30.9 Å². The van der Waals surface area contributed by atoms with Gasteiger partial charge in [0.05, 0.1) is 24.1 Å². The van der Waals surface area contributed by atoms with E-state index in [-0.39, 0.29) is 46.4 Å². The molecule has 192 valence electrons. The van der Waals surface area contributed by atoms with Gasteiger partial charge in [0.15, 0.2) is 17.3 Å². The molecule has 0 aromatic carbocycles. The van der Waals surface area contributed by atoms with Crippen molar-refractivity contribution in [2.45, 2.75) is 50.6 Å². The Morgan fingerprint density at radius 2 is 1.92 bits per heavy atom. The van der Waals surface area contributed by atoms with Crippen molar-refractivity contribution in [3.63, 3.8) is 0 Å². The summed E-state index contributed by atoms with van der Waals surface area (Å²) in [6.45, 7) is 4.45. The number of anilines is 1. The molecule has 0 saturated heterocycles. The highest BCUT2D eigenvalue weighted by Crippen LogP contribution is 2.44. The second-order valence-corrected chi connectivity index (χ2v) is 10.8. The predicted octanol–water partition coefficient (Wildman–Crippen LogP) is 1.54. The Balaban J connectivity index is 1.53. The standard InChI is InChI=1S/C23H25N9O4S/c1-12(2)10-32-21-16(9-27-19(31-21)17-18(13-3-4-13)28-11-29-22(17)33)30-20(23(32)34)26-7-14-5-6-15(8-25-14)37(24,35)36/h5-6,8-9,11-13H,3-4,7,10H2,1-2H3,(H,26,30)(H2,24,35,36)(H,28,29,33). The molecule has 4 aromatic rings. The SMILES string of the molecule is CC(C)Cn1c(=O)c(NCc2ccc(S(N)(=O)=O)cn2)nc2cnc(-c3c(O)ncnc3C3CC3)nc21. The topological polar surface area (TPSA) is 192 Å². The van der Waals surface area contributed by atoms with Gasteiger partial charge in [-0.15, -0.1) is 0 Å². The predicted molar refractivity (Wildman–Crippen MR) is 134 cm³/mol. The molecule has 13 nitrogen and oxygen atoms in total. The van der Waals surface area contributed by atoms with Crippen molar-refractivity contribution in [3.8, 4) is 17.3 Å². The normalized spacial score (nSPS) is 13.8. The molecule has 37 heavy (non-hydrogen) atoms. The number of aromatic nitrogens is 7. The lowest BCUT2D eigenvalue weighted by atomic mass is 10.1. The monoisotopic (exact) mass is 523 g/mol. The number of primary sulfonamides is 1. The average Bonchev–Trinajstić information content (AvgIpc) is 3.69. The van der Waals surface area contributed by atoms with E-state index in [9.17, 15) is 18.3 Å². The number of sulfonamides is 1. The lowest BCUT2D eigenvalue weighted by Gasteiger charge is -2.15. The molecule has 0 unspecified atom stereocenters. The minimum atomic E-state index is -3.85. The number of pyridine rings is 1. The number of hydrogen-bond acceptors (Lipinski definition) is 11. The van der Waals surface area contributed by atoms with Crippen molar-refractivity contribution >= 4 is 27.0 Å². The lowest BCUT2D eigenvalue weighted by Crippen LogP contribution is -2.28. The molecular weight excluding hydrogens is 498 g/mol. The number of rotatable bonds is 8. The van der Waals surface area contributed by atoms with E-state index in [1.165, 1.54) is 29.2 Å². The van der Waals surface area contributed by atoms with Gasteiger partial charge in [0.25, 0.3) is 5.56 Å². The number of nitrogens with zero attached hydrogens (tertiary/aromatic N) is 7. The molecule has 1 saturated carbocycles. The zero-order valence-corrected chi connectivity index (χ0v) is 21.0. The van der Waals surface area contributed by atoms with Crippen LogP contribution < -0.4 is 16.0 Å². The minimum absolute atomic E-state index is 0.0754. The fourth-order valence-corrected chi connectivity index (χ4v) is 4.39. The van der Waals surface area contributed by atoms with Crippen LogP contribution >= 0.6 is 0 Å². The first-order valence-electron chi connectivity index (χ1n) is 11.6. The molecule has 0 amide bonds. The maximum atomic E-state index is 13.4. The van der Waals surface area contributed by atoms with E-state index in [4.69, 9.17) is 5.14 Å². The van der Waals surface area contributed by atoms with Crippen molar-refractivity contribution in [1.29, 1.82) is 0 Å². The van der Waals surface area contributed by atoms with Crippen LogP contribution in [0.4, 0.5) is 5.82 Å². The van der Waals surface area contributed by atoms with Gasteiger partial charge in [0, 0.05) is 18.7 Å². The first-order chi connectivity index (χ1) is 17.6. The molecular formula is C23H25N9O4S. The second-order valence-electron chi connectivity index (χ2n) is 9.29. The van der Waals surface area contributed by atoms with Gasteiger partial charge in [-0.1, -0.05) is 13.8 Å². The Hall–Kier alpha value is -4.04. The second kappa shape index (κ2) is 9.44. The molecule has 4 aromatic heterocycles. The Labute approximate surface area is 211 Å². The molecule has 5 rings (SSSR count). The molecule has 1 fully saturated rings. The van der Waals surface area contributed by atoms with Crippen LogP contribution in [-0.4, -0.2) is 48.0 Å². The quantitative estimate of drug-likeness (QED) is 0.303. The molecule has 0 aliphatic heterocycles. The van der Waals surface area contributed by atoms with Crippen LogP contribution in [0, 0.1) is 5.92 Å². The number of aromatic hydroxyl groups is 1. The van der Waals surface area contributed by atoms with E-state index < -0.39 is 10.0 Å². The van der Waals surface area contributed by atoms with Gasteiger partial charge >= 0.3 is 0 Å². The van der Waals surface area contributed by atoms with Crippen LogP contribution in [0.5, 0.6) is 5.88 Å². The highest BCUT2D eigenvalue weighted by Gasteiger charge is 2.31. The van der Waals surface area contributed by atoms with Crippen molar-refractivity contribution in [3.05, 3.63) is 52.6 Å².